The second-order valence-corrected chi connectivity index (χ2v) is 6.67. The van der Waals surface area contributed by atoms with Gasteiger partial charge in [-0.05, 0) is 49.6 Å². The predicted molar refractivity (Wildman–Crippen MR) is 77.0 cm³/mol. The fourth-order valence-electron chi connectivity index (χ4n) is 2.86. The number of nitrogens with one attached hydrogen (secondary N) is 1. The summed E-state index contributed by atoms with van der Waals surface area (Å²) >= 11 is 8.21. The zero-order chi connectivity index (χ0) is 12.4. The smallest absolute Gasteiger partial charge is 0.0590 e. The number of halogens is 1. The second-order valence-electron chi connectivity index (χ2n) is 5.38. The van der Waals surface area contributed by atoms with Crippen molar-refractivity contribution in [2.75, 3.05) is 7.05 Å². The number of rotatable bonds is 3. The number of aryl methyl sites for hydroxylation is 1. The van der Waals surface area contributed by atoms with E-state index >= 15 is 0 Å². The molecule has 1 atom stereocenters. The van der Waals surface area contributed by atoms with E-state index in [2.05, 4.69) is 31.6 Å². The lowest BCUT2D eigenvalue weighted by molar-refractivity contribution is 0.240. The largest absolute Gasteiger partial charge is 0.312 e. The molecule has 1 aliphatic rings. The standard InChI is InChI=1S/C14H22ClNS/c1-9-4-6-11(7-5-9)13(16-3)14-12(15)10(2)8-17-14/h8-9,11,13,16H,4-7H2,1-3H3. The van der Waals surface area contributed by atoms with Crippen LogP contribution in [-0.4, -0.2) is 7.05 Å². The zero-order valence-corrected chi connectivity index (χ0v) is 12.5. The van der Waals surface area contributed by atoms with Crippen molar-refractivity contribution in [3.63, 3.8) is 0 Å². The van der Waals surface area contributed by atoms with Crippen LogP contribution < -0.4 is 5.32 Å². The summed E-state index contributed by atoms with van der Waals surface area (Å²) < 4.78 is 0. The van der Waals surface area contributed by atoms with Crippen molar-refractivity contribution in [2.24, 2.45) is 11.8 Å². The Kier molecular flexibility index (Phi) is 4.51. The third-order valence-electron chi connectivity index (χ3n) is 4.05. The normalized spacial score (nSPS) is 27.1. The van der Waals surface area contributed by atoms with Gasteiger partial charge in [-0.1, -0.05) is 31.4 Å². The molecule has 1 fully saturated rings. The van der Waals surface area contributed by atoms with Crippen LogP contribution in [0, 0.1) is 18.8 Å². The van der Waals surface area contributed by atoms with Gasteiger partial charge in [-0.3, -0.25) is 0 Å². The lowest BCUT2D eigenvalue weighted by atomic mass is 9.79. The molecule has 1 aliphatic carbocycles. The Balaban J connectivity index is 2.13. The fraction of sp³-hybridized carbons (Fsp3) is 0.714. The molecule has 0 saturated heterocycles. The summed E-state index contributed by atoms with van der Waals surface area (Å²) in [4.78, 5) is 1.34. The summed E-state index contributed by atoms with van der Waals surface area (Å²) in [7, 11) is 2.06. The minimum atomic E-state index is 0.452. The highest BCUT2D eigenvalue weighted by Crippen LogP contribution is 2.41. The molecule has 1 aromatic rings. The van der Waals surface area contributed by atoms with Crippen molar-refractivity contribution in [3.05, 3.63) is 20.8 Å². The van der Waals surface area contributed by atoms with E-state index in [0.717, 1.165) is 16.9 Å². The van der Waals surface area contributed by atoms with Crippen LogP contribution in [0.3, 0.4) is 0 Å². The van der Waals surface area contributed by atoms with E-state index in [1.807, 2.05) is 11.3 Å². The van der Waals surface area contributed by atoms with Crippen LogP contribution in [0.5, 0.6) is 0 Å². The summed E-state index contributed by atoms with van der Waals surface area (Å²) in [5, 5.41) is 6.64. The Morgan fingerprint density at radius 1 is 1.35 bits per heavy atom. The van der Waals surface area contributed by atoms with E-state index in [9.17, 15) is 0 Å². The topological polar surface area (TPSA) is 12.0 Å². The molecule has 1 unspecified atom stereocenters. The molecule has 1 saturated carbocycles. The van der Waals surface area contributed by atoms with Gasteiger partial charge in [-0.2, -0.15) is 0 Å². The first-order valence-corrected chi connectivity index (χ1v) is 7.80. The SMILES string of the molecule is CNC(c1scc(C)c1Cl)C1CCC(C)CC1. The molecular formula is C14H22ClNS. The van der Waals surface area contributed by atoms with E-state index < -0.39 is 0 Å². The van der Waals surface area contributed by atoms with Crippen molar-refractivity contribution in [3.8, 4) is 0 Å². The molecule has 0 amide bonds. The molecule has 0 bridgehead atoms. The molecule has 1 aromatic heterocycles. The van der Waals surface area contributed by atoms with Gasteiger partial charge in [0.15, 0.2) is 0 Å². The highest BCUT2D eigenvalue weighted by Gasteiger charge is 2.28. The second kappa shape index (κ2) is 5.73. The molecule has 3 heteroatoms. The van der Waals surface area contributed by atoms with Crippen molar-refractivity contribution in [1.82, 2.24) is 5.32 Å². The van der Waals surface area contributed by atoms with Gasteiger partial charge >= 0.3 is 0 Å². The zero-order valence-electron chi connectivity index (χ0n) is 10.9. The van der Waals surface area contributed by atoms with E-state index in [1.165, 1.54) is 36.1 Å². The molecule has 0 aromatic carbocycles. The third-order valence-corrected chi connectivity index (χ3v) is 5.85. The molecule has 2 rings (SSSR count). The van der Waals surface area contributed by atoms with Gasteiger partial charge in [0.05, 0.1) is 5.02 Å². The van der Waals surface area contributed by atoms with Gasteiger partial charge in [-0.25, -0.2) is 0 Å². The molecule has 0 aliphatic heterocycles. The first kappa shape index (κ1) is 13.4. The quantitative estimate of drug-likeness (QED) is 0.833. The number of hydrogen-bond acceptors (Lipinski definition) is 2. The summed E-state index contributed by atoms with van der Waals surface area (Å²) in [5.74, 6) is 1.66. The van der Waals surface area contributed by atoms with Crippen LogP contribution in [0.15, 0.2) is 5.38 Å². The van der Waals surface area contributed by atoms with Crippen LogP contribution in [-0.2, 0) is 0 Å². The first-order valence-electron chi connectivity index (χ1n) is 6.54. The van der Waals surface area contributed by atoms with Crippen molar-refractivity contribution < 1.29 is 0 Å². The molecule has 0 radical (unpaired) electrons. The van der Waals surface area contributed by atoms with Crippen LogP contribution >= 0.6 is 22.9 Å². The maximum absolute atomic E-state index is 6.40. The van der Waals surface area contributed by atoms with Gasteiger partial charge in [-0.15, -0.1) is 11.3 Å². The average Bonchev–Trinajstić information content (AvgIpc) is 2.65. The Bertz CT molecular complexity index is 366. The highest BCUT2D eigenvalue weighted by atomic mass is 35.5. The van der Waals surface area contributed by atoms with Crippen molar-refractivity contribution in [2.45, 2.75) is 45.6 Å². The minimum absolute atomic E-state index is 0.452. The molecule has 96 valence electrons. The molecule has 1 nitrogen and oxygen atoms in total. The molecule has 0 spiro atoms. The molecule has 1 N–H and O–H groups in total. The van der Waals surface area contributed by atoms with Crippen LogP contribution in [0.4, 0.5) is 0 Å². The molecular weight excluding hydrogens is 250 g/mol. The Hall–Kier alpha value is -0.0500. The van der Waals surface area contributed by atoms with E-state index in [1.54, 1.807) is 0 Å². The monoisotopic (exact) mass is 271 g/mol. The summed E-state index contributed by atoms with van der Waals surface area (Å²) in [5.41, 5.74) is 1.22. The summed E-state index contributed by atoms with van der Waals surface area (Å²) in [6.45, 7) is 4.46. The van der Waals surface area contributed by atoms with Gasteiger partial charge in [0.2, 0.25) is 0 Å². The average molecular weight is 272 g/mol. The van der Waals surface area contributed by atoms with Gasteiger partial charge in [0.25, 0.3) is 0 Å². The van der Waals surface area contributed by atoms with Crippen molar-refractivity contribution in [1.29, 1.82) is 0 Å². The maximum Gasteiger partial charge on any atom is 0.0590 e. The lowest BCUT2D eigenvalue weighted by Gasteiger charge is -2.32. The van der Waals surface area contributed by atoms with Crippen LogP contribution in [0.25, 0.3) is 0 Å². The Labute approximate surface area is 114 Å². The van der Waals surface area contributed by atoms with E-state index in [-0.39, 0.29) is 0 Å². The van der Waals surface area contributed by atoms with Crippen LogP contribution in [0.2, 0.25) is 5.02 Å². The molecule has 17 heavy (non-hydrogen) atoms. The predicted octanol–water partition coefficient (Wildman–Crippen LogP) is 4.80. The van der Waals surface area contributed by atoms with E-state index in [0.29, 0.717) is 6.04 Å². The fourth-order valence-corrected chi connectivity index (χ4v) is 4.37. The van der Waals surface area contributed by atoms with Crippen molar-refractivity contribution >= 4 is 22.9 Å². The number of thiophene rings is 1. The molecule has 1 heterocycles. The summed E-state index contributed by atoms with van der Waals surface area (Å²) in [6.07, 6.45) is 5.40. The first-order chi connectivity index (χ1) is 8.13. The van der Waals surface area contributed by atoms with Gasteiger partial charge in [0.1, 0.15) is 0 Å². The van der Waals surface area contributed by atoms with E-state index in [4.69, 9.17) is 11.6 Å². The minimum Gasteiger partial charge on any atom is -0.312 e. The Morgan fingerprint density at radius 2 is 2.00 bits per heavy atom. The number of hydrogen-bond donors (Lipinski definition) is 1. The Morgan fingerprint density at radius 3 is 2.47 bits per heavy atom. The maximum atomic E-state index is 6.40. The highest BCUT2D eigenvalue weighted by molar-refractivity contribution is 7.10. The lowest BCUT2D eigenvalue weighted by Crippen LogP contribution is -2.27. The summed E-state index contributed by atoms with van der Waals surface area (Å²) in [6, 6.07) is 0.452. The van der Waals surface area contributed by atoms with Crippen LogP contribution in [0.1, 0.15) is 49.1 Å². The third kappa shape index (κ3) is 2.86. The van der Waals surface area contributed by atoms with Gasteiger partial charge < -0.3 is 5.32 Å². The van der Waals surface area contributed by atoms with Gasteiger partial charge in [0, 0.05) is 10.9 Å².